The number of nitrogens with zero attached hydrogens (tertiary/aromatic N) is 1. The van der Waals surface area contributed by atoms with E-state index in [0.717, 1.165) is 0 Å². The van der Waals surface area contributed by atoms with Gasteiger partial charge < -0.3 is 21.4 Å². The van der Waals surface area contributed by atoms with E-state index < -0.39 is 40.1 Å². The number of alkyl halides is 3. The summed E-state index contributed by atoms with van der Waals surface area (Å²) in [4.78, 5) is 37.6. The number of nitrogens with two attached hydrogens (primary N) is 1. The molecule has 1 heterocycles. The molecule has 0 aliphatic rings. The molecule has 13 heteroatoms. The summed E-state index contributed by atoms with van der Waals surface area (Å²) in [5.41, 5.74) is 4.86. The van der Waals surface area contributed by atoms with Crippen LogP contribution in [0.3, 0.4) is 0 Å². The molecule has 3 aromatic carbocycles. The zero-order valence-electron chi connectivity index (χ0n) is 17.9. The molecule has 0 radical (unpaired) electrons. The van der Waals surface area contributed by atoms with Crippen LogP contribution in [0.2, 0.25) is 0 Å². The van der Waals surface area contributed by atoms with E-state index in [-0.39, 0.29) is 17.1 Å². The number of H-pyrrole nitrogens is 1. The number of urea groups is 1. The minimum Gasteiger partial charge on any atom is -0.364 e. The number of rotatable bonds is 5. The number of anilines is 2. The quantitative estimate of drug-likeness (QED) is 0.159. The monoisotopic (exact) mass is 501 g/mol. The van der Waals surface area contributed by atoms with Crippen LogP contribution in [0.5, 0.6) is 0 Å². The molecule has 4 rings (SSSR count). The Balaban J connectivity index is 1.60. The highest BCUT2D eigenvalue weighted by atomic mass is 19.4. The molecule has 9 nitrogen and oxygen atoms in total. The number of halogens is 4. The number of carbonyl (C=O) groups is 2. The third kappa shape index (κ3) is 4.80. The first kappa shape index (κ1) is 24.2. The van der Waals surface area contributed by atoms with E-state index in [0.29, 0.717) is 40.2 Å². The summed E-state index contributed by atoms with van der Waals surface area (Å²) in [7, 11) is 0. The van der Waals surface area contributed by atoms with Gasteiger partial charge in [0.2, 0.25) is 0 Å². The lowest BCUT2D eigenvalue weighted by Crippen LogP contribution is -2.20. The van der Waals surface area contributed by atoms with E-state index in [9.17, 15) is 37.3 Å². The van der Waals surface area contributed by atoms with Crippen molar-refractivity contribution in [3.05, 3.63) is 87.9 Å². The van der Waals surface area contributed by atoms with Gasteiger partial charge in [0, 0.05) is 34.3 Å². The van der Waals surface area contributed by atoms with Gasteiger partial charge in [-0.15, -0.1) is 0 Å². The van der Waals surface area contributed by atoms with E-state index >= 15 is 0 Å². The van der Waals surface area contributed by atoms with Gasteiger partial charge in [0.1, 0.15) is 11.5 Å². The van der Waals surface area contributed by atoms with Crippen LogP contribution in [0.4, 0.5) is 39.4 Å². The van der Waals surface area contributed by atoms with E-state index in [2.05, 4.69) is 10.3 Å². The Kier molecular flexibility index (Phi) is 6.06. The fourth-order valence-corrected chi connectivity index (χ4v) is 3.58. The van der Waals surface area contributed by atoms with Crippen molar-refractivity contribution in [3.63, 3.8) is 0 Å². The van der Waals surface area contributed by atoms with Crippen molar-refractivity contribution in [2.75, 3.05) is 10.6 Å². The molecule has 0 aliphatic heterocycles. The van der Waals surface area contributed by atoms with Crippen molar-refractivity contribution in [1.29, 1.82) is 0 Å². The maximum Gasteiger partial charge on any atom is 0.416 e. The summed E-state index contributed by atoms with van der Waals surface area (Å²) in [6.07, 6.45) is -4.72. The number of nitrogens with one attached hydrogen (secondary N) is 3. The van der Waals surface area contributed by atoms with E-state index in [1.54, 1.807) is 0 Å². The minimum absolute atomic E-state index is 0.0176. The van der Waals surface area contributed by atoms with Crippen LogP contribution in [0.1, 0.15) is 16.1 Å². The molecule has 0 aliphatic carbocycles. The fourth-order valence-electron chi connectivity index (χ4n) is 3.58. The number of non-ortho nitro benzene ring substituents is 1. The van der Waals surface area contributed by atoms with Gasteiger partial charge in [-0.3, -0.25) is 14.9 Å². The van der Waals surface area contributed by atoms with Crippen LogP contribution >= 0.6 is 0 Å². The summed E-state index contributed by atoms with van der Waals surface area (Å²) in [6, 6.07) is 10.4. The summed E-state index contributed by atoms with van der Waals surface area (Å²) in [5.74, 6) is -1.85. The summed E-state index contributed by atoms with van der Waals surface area (Å²) in [6.45, 7) is 0. The molecular formula is C23H15F4N5O4. The zero-order chi connectivity index (χ0) is 26.2. The SMILES string of the molecule is NC(=O)c1[nH]c2ccc([N+](=O)[O-])cc2c1-c1ccc(NC(=O)Nc2cc(C(F)(F)F)ccc2F)cc1. The molecule has 0 unspecified atom stereocenters. The summed E-state index contributed by atoms with van der Waals surface area (Å²) in [5, 5.41) is 15.9. The van der Waals surface area contributed by atoms with Crippen molar-refractivity contribution in [2.45, 2.75) is 6.18 Å². The van der Waals surface area contributed by atoms with Crippen LogP contribution in [-0.4, -0.2) is 21.8 Å². The van der Waals surface area contributed by atoms with E-state index in [1.165, 1.54) is 42.5 Å². The Morgan fingerprint density at radius 3 is 2.28 bits per heavy atom. The molecule has 5 N–H and O–H groups in total. The highest BCUT2D eigenvalue weighted by molar-refractivity contribution is 6.10. The number of fused-ring (bicyclic) bond motifs is 1. The molecule has 0 bridgehead atoms. The first-order valence-electron chi connectivity index (χ1n) is 10.1. The predicted molar refractivity (Wildman–Crippen MR) is 123 cm³/mol. The second-order valence-corrected chi connectivity index (χ2v) is 7.58. The summed E-state index contributed by atoms with van der Waals surface area (Å²) < 4.78 is 52.5. The Labute approximate surface area is 199 Å². The van der Waals surface area contributed by atoms with Crippen molar-refractivity contribution in [1.82, 2.24) is 4.98 Å². The Bertz CT molecular complexity index is 1510. The minimum atomic E-state index is -4.72. The molecule has 0 saturated heterocycles. The lowest BCUT2D eigenvalue weighted by molar-refractivity contribution is -0.384. The maximum absolute atomic E-state index is 13.9. The standard InChI is InChI=1S/C23H15F4N5O4/c24-16-7-3-12(23(25,26)27)9-18(16)31-22(34)29-13-4-1-11(2-5-13)19-15-10-14(32(35)36)6-8-17(15)30-20(19)21(28)33/h1-10,30H,(H2,28,33)(H2,29,31,34). The molecule has 36 heavy (non-hydrogen) atoms. The molecule has 184 valence electrons. The predicted octanol–water partition coefficient (Wildman–Crippen LogP) is 5.64. The largest absolute Gasteiger partial charge is 0.416 e. The smallest absolute Gasteiger partial charge is 0.364 e. The van der Waals surface area contributed by atoms with Gasteiger partial charge in [-0.05, 0) is 42.0 Å². The third-order valence-corrected chi connectivity index (χ3v) is 5.21. The van der Waals surface area contributed by atoms with Crippen molar-refractivity contribution >= 4 is 39.9 Å². The molecule has 0 spiro atoms. The molecular weight excluding hydrogens is 486 g/mol. The van der Waals surface area contributed by atoms with Crippen molar-refractivity contribution < 1.29 is 32.1 Å². The average Bonchev–Trinajstić information content (AvgIpc) is 3.19. The topological polar surface area (TPSA) is 143 Å². The van der Waals surface area contributed by atoms with E-state index in [4.69, 9.17) is 5.73 Å². The first-order valence-corrected chi connectivity index (χ1v) is 10.1. The molecule has 1 aromatic heterocycles. The maximum atomic E-state index is 13.9. The number of nitro benzene ring substituents is 1. The van der Waals surface area contributed by atoms with Crippen LogP contribution < -0.4 is 16.4 Å². The van der Waals surface area contributed by atoms with Gasteiger partial charge in [0.05, 0.1) is 16.2 Å². The van der Waals surface area contributed by atoms with Gasteiger partial charge in [-0.2, -0.15) is 13.2 Å². The lowest BCUT2D eigenvalue weighted by atomic mass is 10.0. The van der Waals surface area contributed by atoms with Crippen LogP contribution in [0.25, 0.3) is 22.0 Å². The number of benzene rings is 3. The number of hydrogen-bond acceptors (Lipinski definition) is 4. The molecule has 4 aromatic rings. The normalized spacial score (nSPS) is 11.3. The first-order chi connectivity index (χ1) is 16.9. The number of primary amides is 1. The Hall–Kier alpha value is -4.94. The number of aromatic amines is 1. The molecule has 0 saturated carbocycles. The molecule has 0 atom stereocenters. The van der Waals surface area contributed by atoms with E-state index in [1.807, 2.05) is 5.32 Å². The number of carbonyl (C=O) groups excluding carboxylic acids is 2. The van der Waals surface area contributed by atoms with Crippen LogP contribution in [0, 0.1) is 15.9 Å². The zero-order valence-corrected chi connectivity index (χ0v) is 17.9. The van der Waals surface area contributed by atoms with Gasteiger partial charge in [-0.25, -0.2) is 9.18 Å². The second-order valence-electron chi connectivity index (χ2n) is 7.58. The fraction of sp³-hybridized carbons (Fsp3) is 0.0435. The van der Waals surface area contributed by atoms with Gasteiger partial charge in [0.15, 0.2) is 0 Å². The number of nitro groups is 1. The van der Waals surface area contributed by atoms with Gasteiger partial charge >= 0.3 is 12.2 Å². The van der Waals surface area contributed by atoms with Crippen molar-refractivity contribution in [3.8, 4) is 11.1 Å². The Morgan fingerprint density at radius 2 is 1.67 bits per heavy atom. The third-order valence-electron chi connectivity index (χ3n) is 5.21. The van der Waals surface area contributed by atoms with Gasteiger partial charge in [-0.1, -0.05) is 12.1 Å². The Morgan fingerprint density at radius 1 is 0.972 bits per heavy atom. The van der Waals surface area contributed by atoms with Crippen molar-refractivity contribution in [2.24, 2.45) is 5.73 Å². The second kappa shape index (κ2) is 9.02. The van der Waals surface area contributed by atoms with Gasteiger partial charge in [0.25, 0.3) is 11.6 Å². The van der Waals surface area contributed by atoms with Crippen LogP contribution in [0.15, 0.2) is 60.7 Å². The average molecular weight is 501 g/mol. The number of hydrogen-bond donors (Lipinski definition) is 4. The summed E-state index contributed by atoms with van der Waals surface area (Å²) >= 11 is 0. The highest BCUT2D eigenvalue weighted by Gasteiger charge is 2.31. The molecule has 0 fully saturated rings. The molecule has 3 amide bonds. The lowest BCUT2D eigenvalue weighted by Gasteiger charge is -2.12. The number of aromatic nitrogens is 1. The number of amides is 3. The van der Waals surface area contributed by atoms with Crippen LogP contribution in [-0.2, 0) is 6.18 Å². The highest BCUT2D eigenvalue weighted by Crippen LogP contribution is 2.35.